The van der Waals surface area contributed by atoms with Crippen LogP contribution in [0.1, 0.15) is 30.1 Å². The van der Waals surface area contributed by atoms with Gasteiger partial charge >= 0.3 is 0 Å². The number of piperidine rings is 1. The molecule has 1 aromatic rings. The van der Waals surface area contributed by atoms with E-state index in [4.69, 9.17) is 0 Å². The van der Waals surface area contributed by atoms with Crippen LogP contribution >= 0.6 is 0 Å². The molecule has 98 valence electrons. The highest BCUT2D eigenvalue weighted by molar-refractivity contribution is 5.94. The molecule has 0 spiro atoms. The van der Waals surface area contributed by atoms with Crippen LogP contribution in [0.25, 0.3) is 0 Å². The fourth-order valence-corrected chi connectivity index (χ4v) is 2.16. The molecule has 2 rings (SSSR count). The van der Waals surface area contributed by atoms with Gasteiger partial charge in [0.2, 0.25) is 0 Å². The van der Waals surface area contributed by atoms with Gasteiger partial charge in [0, 0.05) is 12.1 Å². The van der Waals surface area contributed by atoms with E-state index in [0.29, 0.717) is 0 Å². The van der Waals surface area contributed by atoms with Crippen molar-refractivity contribution in [2.24, 2.45) is 0 Å². The first-order chi connectivity index (χ1) is 8.58. The van der Waals surface area contributed by atoms with Crippen molar-refractivity contribution in [2.75, 3.05) is 6.54 Å². The predicted molar refractivity (Wildman–Crippen MR) is 64.3 cm³/mol. The van der Waals surface area contributed by atoms with Crippen LogP contribution in [0, 0.1) is 11.6 Å². The number of nitrogens with one attached hydrogen (secondary N) is 2. The van der Waals surface area contributed by atoms with Gasteiger partial charge in [0.25, 0.3) is 5.91 Å². The molecule has 0 saturated carbocycles. The Hall–Kier alpha value is -1.49. The van der Waals surface area contributed by atoms with Crippen molar-refractivity contribution in [1.82, 2.24) is 10.6 Å². The Kier molecular flexibility index (Phi) is 3.91. The summed E-state index contributed by atoms with van der Waals surface area (Å²) in [4.78, 5) is 11.9. The van der Waals surface area contributed by atoms with Gasteiger partial charge in [-0.2, -0.15) is 0 Å². The van der Waals surface area contributed by atoms with E-state index in [1.54, 1.807) is 0 Å². The van der Waals surface area contributed by atoms with Crippen molar-refractivity contribution >= 4 is 5.91 Å². The fraction of sp³-hybridized carbons (Fsp3) is 0.462. The van der Waals surface area contributed by atoms with E-state index in [-0.39, 0.29) is 17.6 Å². The van der Waals surface area contributed by atoms with Crippen molar-refractivity contribution in [3.63, 3.8) is 0 Å². The van der Waals surface area contributed by atoms with E-state index in [1.165, 1.54) is 0 Å². The average Bonchev–Trinajstić information content (AvgIpc) is 2.35. The molecule has 0 bridgehead atoms. The van der Waals surface area contributed by atoms with Gasteiger partial charge in [-0.25, -0.2) is 8.78 Å². The van der Waals surface area contributed by atoms with Gasteiger partial charge in [-0.3, -0.25) is 4.79 Å². The highest BCUT2D eigenvalue weighted by Gasteiger charge is 2.24. The molecule has 1 aliphatic rings. The van der Waals surface area contributed by atoms with E-state index in [2.05, 4.69) is 10.6 Å². The Balaban J connectivity index is 2.09. The molecule has 1 aromatic carbocycles. The lowest BCUT2D eigenvalue weighted by Crippen LogP contribution is -2.52. The van der Waals surface area contributed by atoms with Gasteiger partial charge < -0.3 is 10.6 Å². The van der Waals surface area contributed by atoms with Gasteiger partial charge in [-0.05, 0) is 44.5 Å². The summed E-state index contributed by atoms with van der Waals surface area (Å²) in [5.41, 5.74) is -0.243. The molecule has 0 unspecified atom stereocenters. The maximum atomic E-state index is 13.4. The van der Waals surface area contributed by atoms with Gasteiger partial charge in [-0.1, -0.05) is 0 Å². The fourth-order valence-electron chi connectivity index (χ4n) is 2.16. The molecule has 0 aliphatic carbocycles. The van der Waals surface area contributed by atoms with Crippen LogP contribution in [0.2, 0.25) is 0 Å². The van der Waals surface area contributed by atoms with Crippen LogP contribution in [-0.4, -0.2) is 24.5 Å². The Labute approximate surface area is 105 Å². The third-order valence-corrected chi connectivity index (χ3v) is 3.25. The van der Waals surface area contributed by atoms with Crippen molar-refractivity contribution in [2.45, 2.75) is 31.8 Å². The van der Waals surface area contributed by atoms with Crippen LogP contribution in [0.4, 0.5) is 8.78 Å². The zero-order chi connectivity index (χ0) is 13.1. The van der Waals surface area contributed by atoms with Gasteiger partial charge in [0.05, 0.1) is 5.56 Å². The van der Waals surface area contributed by atoms with E-state index >= 15 is 0 Å². The molecule has 1 heterocycles. The maximum absolute atomic E-state index is 13.4. The third kappa shape index (κ3) is 2.85. The molecule has 5 heteroatoms. The van der Waals surface area contributed by atoms with Crippen LogP contribution in [0.3, 0.4) is 0 Å². The Morgan fingerprint density at radius 2 is 2.22 bits per heavy atom. The van der Waals surface area contributed by atoms with Crippen LogP contribution in [0.15, 0.2) is 18.2 Å². The molecule has 1 aliphatic heterocycles. The minimum atomic E-state index is -0.703. The minimum absolute atomic E-state index is 0.0473. The number of carbonyl (C=O) groups excluding carboxylic acids is 1. The summed E-state index contributed by atoms with van der Waals surface area (Å²) >= 11 is 0. The number of hydrogen-bond acceptors (Lipinski definition) is 2. The first kappa shape index (κ1) is 13.0. The van der Waals surface area contributed by atoms with Crippen molar-refractivity contribution in [3.8, 4) is 0 Å². The molecule has 1 amide bonds. The lowest BCUT2D eigenvalue weighted by molar-refractivity contribution is 0.0915. The number of hydrogen-bond donors (Lipinski definition) is 2. The summed E-state index contributed by atoms with van der Waals surface area (Å²) < 4.78 is 26.4. The average molecular weight is 254 g/mol. The summed E-state index contributed by atoms with van der Waals surface area (Å²) in [6.07, 6.45) is 1.80. The third-order valence-electron chi connectivity index (χ3n) is 3.25. The SMILES string of the molecule is C[C@H]1NCCC[C@H]1NC(=O)c1cc(F)ccc1F. The number of amides is 1. The quantitative estimate of drug-likeness (QED) is 0.845. The van der Waals surface area contributed by atoms with E-state index in [9.17, 15) is 13.6 Å². The molecule has 0 aromatic heterocycles. The highest BCUT2D eigenvalue weighted by atomic mass is 19.1. The maximum Gasteiger partial charge on any atom is 0.254 e. The molecule has 3 nitrogen and oxygen atoms in total. The van der Waals surface area contributed by atoms with Gasteiger partial charge in [0.15, 0.2) is 0 Å². The van der Waals surface area contributed by atoms with Gasteiger partial charge in [-0.15, -0.1) is 0 Å². The van der Waals surface area contributed by atoms with Crippen molar-refractivity contribution in [3.05, 3.63) is 35.4 Å². The molecule has 18 heavy (non-hydrogen) atoms. The van der Waals surface area contributed by atoms with Crippen LogP contribution in [-0.2, 0) is 0 Å². The summed E-state index contributed by atoms with van der Waals surface area (Å²) in [6.45, 7) is 2.88. The van der Waals surface area contributed by atoms with E-state index in [1.807, 2.05) is 6.92 Å². The predicted octanol–water partition coefficient (Wildman–Crippen LogP) is 1.84. The summed E-state index contributed by atoms with van der Waals surface area (Å²) in [5.74, 6) is -1.88. The summed E-state index contributed by atoms with van der Waals surface area (Å²) in [5, 5.41) is 5.98. The largest absolute Gasteiger partial charge is 0.348 e. The second-order valence-electron chi connectivity index (χ2n) is 4.59. The summed E-state index contributed by atoms with van der Waals surface area (Å²) in [6, 6.07) is 2.98. The Morgan fingerprint density at radius 3 is 2.94 bits per heavy atom. The smallest absolute Gasteiger partial charge is 0.254 e. The van der Waals surface area contributed by atoms with Crippen molar-refractivity contribution in [1.29, 1.82) is 0 Å². The molecular formula is C13H16F2N2O. The molecule has 1 fully saturated rings. The van der Waals surface area contributed by atoms with E-state index < -0.39 is 17.5 Å². The van der Waals surface area contributed by atoms with E-state index in [0.717, 1.165) is 37.6 Å². The monoisotopic (exact) mass is 254 g/mol. The second kappa shape index (κ2) is 5.44. The molecule has 0 radical (unpaired) electrons. The standard InChI is InChI=1S/C13H16F2N2O/c1-8-12(3-2-6-16-8)17-13(18)10-7-9(14)4-5-11(10)15/h4-5,7-8,12,16H,2-3,6H2,1H3,(H,17,18)/t8-,12-/m1/s1. The first-order valence-corrected chi connectivity index (χ1v) is 6.07. The van der Waals surface area contributed by atoms with Crippen LogP contribution < -0.4 is 10.6 Å². The number of halogens is 2. The zero-order valence-electron chi connectivity index (χ0n) is 10.2. The van der Waals surface area contributed by atoms with Gasteiger partial charge in [0.1, 0.15) is 11.6 Å². The number of rotatable bonds is 2. The lowest BCUT2D eigenvalue weighted by Gasteiger charge is -2.30. The number of benzene rings is 1. The second-order valence-corrected chi connectivity index (χ2v) is 4.59. The first-order valence-electron chi connectivity index (χ1n) is 6.07. The van der Waals surface area contributed by atoms with Crippen molar-refractivity contribution < 1.29 is 13.6 Å². The summed E-state index contributed by atoms with van der Waals surface area (Å²) in [7, 11) is 0. The Morgan fingerprint density at radius 1 is 1.44 bits per heavy atom. The normalized spacial score (nSPS) is 23.7. The Bertz CT molecular complexity index is 451. The lowest BCUT2D eigenvalue weighted by atomic mass is 9.99. The molecule has 2 atom stereocenters. The topological polar surface area (TPSA) is 41.1 Å². The minimum Gasteiger partial charge on any atom is -0.348 e. The molecule has 2 N–H and O–H groups in total. The van der Waals surface area contributed by atoms with Crippen LogP contribution in [0.5, 0.6) is 0 Å². The zero-order valence-corrected chi connectivity index (χ0v) is 10.2. The highest BCUT2D eigenvalue weighted by Crippen LogP contribution is 2.12. The molecular weight excluding hydrogens is 238 g/mol. The number of carbonyl (C=O) groups is 1. The molecule has 1 saturated heterocycles.